The molecule has 1 saturated carbocycles. The molecule has 1 aliphatic carbocycles. The van der Waals surface area contributed by atoms with Crippen LogP contribution in [0.25, 0.3) is 0 Å². The first-order valence-corrected chi connectivity index (χ1v) is 12.7. The van der Waals surface area contributed by atoms with E-state index < -0.39 is 11.9 Å². The van der Waals surface area contributed by atoms with Gasteiger partial charge in [-0.2, -0.15) is 0 Å². The van der Waals surface area contributed by atoms with Crippen LogP contribution in [0, 0.1) is 0 Å². The SMILES string of the molecule is CC(=O)c1cc2c(cc1N(C(=O)c1ccco1)[C@@H](C(=O)NC1CCCCC1)c1ccc(Cl)cc1)OCO2. The summed E-state index contributed by atoms with van der Waals surface area (Å²) in [7, 11) is 0. The van der Waals surface area contributed by atoms with E-state index in [4.69, 9.17) is 25.5 Å². The van der Waals surface area contributed by atoms with Gasteiger partial charge in [-0.1, -0.05) is 43.0 Å². The number of rotatable bonds is 7. The van der Waals surface area contributed by atoms with Crippen LogP contribution in [0.2, 0.25) is 5.02 Å². The Hall–Kier alpha value is -3.78. The molecule has 0 unspecified atom stereocenters. The number of nitrogens with one attached hydrogen (secondary N) is 1. The molecule has 1 fully saturated rings. The van der Waals surface area contributed by atoms with Crippen LogP contribution in [0.3, 0.4) is 0 Å². The maximum Gasteiger partial charge on any atom is 0.294 e. The van der Waals surface area contributed by atoms with Crippen LogP contribution in [-0.4, -0.2) is 30.4 Å². The molecule has 1 aromatic heterocycles. The number of carbonyl (C=O) groups excluding carboxylic acids is 3. The number of hydrogen-bond acceptors (Lipinski definition) is 6. The van der Waals surface area contributed by atoms with Crippen LogP contribution >= 0.6 is 11.6 Å². The molecule has 2 aliphatic rings. The molecule has 2 heterocycles. The summed E-state index contributed by atoms with van der Waals surface area (Å²) in [5.74, 6) is -0.440. The van der Waals surface area contributed by atoms with Crippen molar-refractivity contribution in [3.8, 4) is 11.5 Å². The molecule has 2 aromatic carbocycles. The minimum atomic E-state index is -1.12. The molecule has 0 spiro atoms. The number of anilines is 1. The number of Topliss-reactive ketones (excluding diaryl/α,β-unsaturated/α-hetero) is 1. The van der Waals surface area contributed by atoms with Crippen LogP contribution in [0.1, 0.15) is 71.5 Å². The maximum absolute atomic E-state index is 14.0. The molecule has 5 rings (SSSR count). The Bertz CT molecular complexity index is 1300. The number of ketones is 1. The highest BCUT2D eigenvalue weighted by atomic mass is 35.5. The molecule has 0 bridgehead atoms. The summed E-state index contributed by atoms with van der Waals surface area (Å²) < 4.78 is 16.5. The summed E-state index contributed by atoms with van der Waals surface area (Å²) in [5, 5.41) is 3.64. The van der Waals surface area contributed by atoms with Gasteiger partial charge in [0.05, 0.1) is 12.0 Å². The third-order valence-electron chi connectivity index (χ3n) is 6.72. The van der Waals surface area contributed by atoms with E-state index in [1.807, 2.05) is 0 Å². The van der Waals surface area contributed by atoms with Crippen molar-refractivity contribution in [3.63, 3.8) is 0 Å². The van der Waals surface area contributed by atoms with Gasteiger partial charge < -0.3 is 19.2 Å². The van der Waals surface area contributed by atoms with E-state index in [1.165, 1.54) is 24.2 Å². The van der Waals surface area contributed by atoms with E-state index in [0.29, 0.717) is 22.1 Å². The summed E-state index contributed by atoms with van der Waals surface area (Å²) in [6.45, 7) is 1.39. The van der Waals surface area contributed by atoms with E-state index >= 15 is 0 Å². The molecule has 3 aromatic rings. The first-order chi connectivity index (χ1) is 17.9. The molecule has 192 valence electrons. The third-order valence-corrected chi connectivity index (χ3v) is 6.98. The van der Waals surface area contributed by atoms with E-state index in [1.54, 1.807) is 42.5 Å². The molecule has 0 radical (unpaired) electrons. The number of amides is 2. The predicted octanol–water partition coefficient (Wildman–Crippen LogP) is 5.70. The molecule has 1 aliphatic heterocycles. The summed E-state index contributed by atoms with van der Waals surface area (Å²) >= 11 is 6.15. The topological polar surface area (TPSA) is 98.1 Å². The molecular formula is C28H27ClN2O6. The highest BCUT2D eigenvalue weighted by Gasteiger charge is 2.38. The molecule has 2 amide bonds. The molecule has 0 saturated heterocycles. The van der Waals surface area contributed by atoms with Gasteiger partial charge in [0.1, 0.15) is 6.04 Å². The fourth-order valence-electron chi connectivity index (χ4n) is 4.89. The largest absolute Gasteiger partial charge is 0.459 e. The Morgan fingerprint density at radius 1 is 1.00 bits per heavy atom. The molecular weight excluding hydrogens is 496 g/mol. The van der Waals surface area contributed by atoms with Crippen LogP contribution < -0.4 is 19.7 Å². The van der Waals surface area contributed by atoms with Gasteiger partial charge in [0, 0.05) is 22.7 Å². The van der Waals surface area contributed by atoms with Crippen molar-refractivity contribution < 1.29 is 28.3 Å². The summed E-state index contributed by atoms with van der Waals surface area (Å²) in [6, 6.07) is 11.8. The average Bonchev–Trinajstić information content (AvgIpc) is 3.59. The molecule has 1 atom stereocenters. The van der Waals surface area contributed by atoms with Crippen molar-refractivity contribution in [2.75, 3.05) is 11.7 Å². The minimum absolute atomic E-state index is 0.000599. The first kappa shape index (κ1) is 24.9. The lowest BCUT2D eigenvalue weighted by atomic mass is 9.94. The number of furan rings is 1. The van der Waals surface area contributed by atoms with Gasteiger partial charge in [-0.25, -0.2) is 0 Å². The second-order valence-corrected chi connectivity index (χ2v) is 9.67. The van der Waals surface area contributed by atoms with Crippen molar-refractivity contribution in [2.24, 2.45) is 0 Å². The fourth-order valence-corrected chi connectivity index (χ4v) is 5.01. The summed E-state index contributed by atoms with van der Waals surface area (Å²) in [4.78, 5) is 42.1. The van der Waals surface area contributed by atoms with E-state index in [0.717, 1.165) is 32.1 Å². The second-order valence-electron chi connectivity index (χ2n) is 9.23. The Morgan fingerprint density at radius 3 is 2.35 bits per heavy atom. The third kappa shape index (κ3) is 5.20. The molecule has 9 heteroatoms. The quantitative estimate of drug-likeness (QED) is 0.400. The number of benzene rings is 2. The van der Waals surface area contributed by atoms with Gasteiger partial charge in [0.2, 0.25) is 12.7 Å². The fraction of sp³-hybridized carbons (Fsp3) is 0.321. The Kier molecular flexibility index (Phi) is 7.19. The van der Waals surface area contributed by atoms with Crippen molar-refractivity contribution in [1.82, 2.24) is 5.32 Å². The average molecular weight is 523 g/mol. The number of nitrogens with zero attached hydrogens (tertiary/aromatic N) is 1. The molecule has 1 N–H and O–H groups in total. The lowest BCUT2D eigenvalue weighted by Gasteiger charge is -2.34. The zero-order chi connectivity index (χ0) is 25.9. The Balaban J connectivity index is 1.67. The van der Waals surface area contributed by atoms with E-state index in [9.17, 15) is 14.4 Å². The minimum Gasteiger partial charge on any atom is -0.459 e. The van der Waals surface area contributed by atoms with Crippen molar-refractivity contribution in [1.29, 1.82) is 0 Å². The number of hydrogen-bond donors (Lipinski definition) is 1. The normalized spacial score (nSPS) is 15.7. The van der Waals surface area contributed by atoms with E-state index in [-0.39, 0.29) is 41.5 Å². The predicted molar refractivity (Wildman–Crippen MR) is 137 cm³/mol. The second kappa shape index (κ2) is 10.7. The number of ether oxygens (including phenoxy) is 2. The maximum atomic E-state index is 14.0. The van der Waals surface area contributed by atoms with Crippen LogP contribution in [0.4, 0.5) is 5.69 Å². The van der Waals surface area contributed by atoms with Gasteiger partial charge in [0.25, 0.3) is 5.91 Å². The van der Waals surface area contributed by atoms with E-state index in [2.05, 4.69) is 5.32 Å². The van der Waals surface area contributed by atoms with Gasteiger partial charge in [-0.3, -0.25) is 19.3 Å². The zero-order valence-corrected chi connectivity index (χ0v) is 21.1. The van der Waals surface area contributed by atoms with Gasteiger partial charge in [0.15, 0.2) is 23.0 Å². The number of halogens is 1. The van der Waals surface area contributed by atoms with Gasteiger partial charge in [-0.15, -0.1) is 0 Å². The first-order valence-electron chi connectivity index (χ1n) is 12.3. The van der Waals surface area contributed by atoms with Gasteiger partial charge >= 0.3 is 0 Å². The summed E-state index contributed by atoms with van der Waals surface area (Å²) in [6.07, 6.45) is 6.32. The Labute approximate surface area is 219 Å². The lowest BCUT2D eigenvalue weighted by molar-refractivity contribution is -0.123. The van der Waals surface area contributed by atoms with Crippen molar-refractivity contribution in [2.45, 2.75) is 51.1 Å². The van der Waals surface area contributed by atoms with Crippen LogP contribution in [0.15, 0.2) is 59.2 Å². The van der Waals surface area contributed by atoms with Crippen molar-refractivity contribution >= 4 is 34.9 Å². The van der Waals surface area contributed by atoms with Gasteiger partial charge in [-0.05, 0) is 55.7 Å². The summed E-state index contributed by atoms with van der Waals surface area (Å²) in [5.41, 5.74) is 0.968. The zero-order valence-electron chi connectivity index (χ0n) is 20.4. The number of fused-ring (bicyclic) bond motifs is 1. The van der Waals surface area contributed by atoms with Crippen LogP contribution in [0.5, 0.6) is 11.5 Å². The Morgan fingerprint density at radius 2 is 1.70 bits per heavy atom. The highest BCUT2D eigenvalue weighted by Crippen LogP contribution is 2.42. The van der Waals surface area contributed by atoms with Crippen LogP contribution in [-0.2, 0) is 4.79 Å². The molecule has 8 nitrogen and oxygen atoms in total. The number of carbonyl (C=O) groups is 3. The van der Waals surface area contributed by atoms with Crippen molar-refractivity contribution in [3.05, 3.63) is 76.7 Å². The standard InChI is InChI=1S/C28H27ClN2O6/c1-17(32)21-14-24-25(37-16-36-24)15-22(21)31(28(34)23-8-5-13-35-23)26(18-9-11-19(29)12-10-18)27(33)30-20-6-3-2-4-7-20/h5,8-15,20,26H,2-4,6-7,16H2,1H3,(H,30,33)/t26-/m1/s1. The highest BCUT2D eigenvalue weighted by molar-refractivity contribution is 6.30. The lowest BCUT2D eigenvalue weighted by Crippen LogP contribution is -2.47. The molecule has 37 heavy (non-hydrogen) atoms. The monoisotopic (exact) mass is 522 g/mol. The smallest absolute Gasteiger partial charge is 0.294 e.